The fourth-order valence-electron chi connectivity index (χ4n) is 4.10. The van der Waals surface area contributed by atoms with Crippen LogP contribution in [0.3, 0.4) is 0 Å². The van der Waals surface area contributed by atoms with Gasteiger partial charge in [0, 0.05) is 27.1 Å². The second-order valence-electron chi connectivity index (χ2n) is 8.84. The number of ether oxygens (including phenoxy) is 2. The monoisotopic (exact) mass is 467 g/mol. The molecule has 0 radical (unpaired) electrons. The van der Waals surface area contributed by atoms with E-state index in [1.165, 1.54) is 29.2 Å². The summed E-state index contributed by atoms with van der Waals surface area (Å²) in [6, 6.07) is 13.5. The highest BCUT2D eigenvalue weighted by atomic mass is 16.6. The Labute approximate surface area is 202 Å². The van der Waals surface area contributed by atoms with Gasteiger partial charge in [0.1, 0.15) is 5.75 Å². The molecule has 184 valence electrons. The molecule has 1 saturated carbocycles. The van der Waals surface area contributed by atoms with Crippen LogP contribution in [-0.4, -0.2) is 47.8 Å². The van der Waals surface area contributed by atoms with Crippen molar-refractivity contribution in [2.75, 3.05) is 20.7 Å². The third kappa shape index (κ3) is 7.12. The molecule has 1 aromatic heterocycles. The lowest BCUT2D eigenvalue weighted by Gasteiger charge is -2.24. The molecular formula is C26H37N5O3. The quantitative estimate of drug-likeness (QED) is 0.420. The van der Waals surface area contributed by atoms with E-state index in [1.54, 1.807) is 14.1 Å². The summed E-state index contributed by atoms with van der Waals surface area (Å²) in [6.07, 6.45) is 6.10. The Morgan fingerprint density at radius 3 is 2.44 bits per heavy atom. The van der Waals surface area contributed by atoms with Gasteiger partial charge in [-0.1, -0.05) is 36.8 Å². The van der Waals surface area contributed by atoms with Gasteiger partial charge in [0.2, 0.25) is 0 Å². The van der Waals surface area contributed by atoms with E-state index in [1.807, 2.05) is 49.4 Å². The standard InChI is InChI=1S/C26H37N5O3/c1-19-24(34-21-12-8-5-9-13-21)15-14-22(29-19)25(27)23(31(3)28)16-17-33-26(32)30(2)18-20-10-6-4-7-11-20/h4,6-7,10-11,14-15,21H,5,8-9,12-13,16-18,27-28H2,1-3H3/b25-23-. The minimum absolute atomic E-state index is 0.150. The number of hydrogen-bond acceptors (Lipinski definition) is 7. The first-order chi connectivity index (χ1) is 16.3. The molecule has 0 unspecified atom stereocenters. The van der Waals surface area contributed by atoms with Crippen LogP contribution >= 0.6 is 0 Å². The number of benzene rings is 1. The fraction of sp³-hybridized carbons (Fsp3) is 0.462. The molecule has 1 fully saturated rings. The van der Waals surface area contributed by atoms with Gasteiger partial charge in [-0.2, -0.15) is 0 Å². The van der Waals surface area contributed by atoms with Crippen molar-refractivity contribution in [2.45, 2.75) is 58.1 Å². The second kappa shape index (κ2) is 12.3. The number of hydrogen-bond donors (Lipinski definition) is 2. The van der Waals surface area contributed by atoms with Crippen molar-refractivity contribution in [2.24, 2.45) is 11.6 Å². The van der Waals surface area contributed by atoms with Gasteiger partial charge in [0.15, 0.2) is 0 Å². The Kier molecular flexibility index (Phi) is 9.16. The molecule has 1 amide bonds. The fourth-order valence-corrected chi connectivity index (χ4v) is 4.10. The molecule has 2 aromatic rings. The van der Waals surface area contributed by atoms with Crippen molar-refractivity contribution in [3.63, 3.8) is 0 Å². The first-order valence-corrected chi connectivity index (χ1v) is 11.9. The lowest BCUT2D eigenvalue weighted by atomic mass is 9.98. The second-order valence-corrected chi connectivity index (χ2v) is 8.84. The van der Waals surface area contributed by atoms with Crippen molar-refractivity contribution >= 4 is 11.8 Å². The Balaban J connectivity index is 1.60. The van der Waals surface area contributed by atoms with Crippen LogP contribution < -0.4 is 16.3 Å². The maximum Gasteiger partial charge on any atom is 0.409 e. The van der Waals surface area contributed by atoms with Crippen LogP contribution in [0.1, 0.15) is 55.5 Å². The molecule has 1 aromatic carbocycles. The van der Waals surface area contributed by atoms with Gasteiger partial charge >= 0.3 is 6.09 Å². The summed E-state index contributed by atoms with van der Waals surface area (Å²) < 4.78 is 11.6. The molecular weight excluding hydrogens is 430 g/mol. The van der Waals surface area contributed by atoms with E-state index < -0.39 is 6.09 Å². The van der Waals surface area contributed by atoms with Crippen LogP contribution in [-0.2, 0) is 11.3 Å². The van der Waals surface area contributed by atoms with Gasteiger partial charge in [0.05, 0.1) is 35.5 Å². The zero-order valence-electron chi connectivity index (χ0n) is 20.5. The number of hydrazine groups is 1. The van der Waals surface area contributed by atoms with E-state index in [0.29, 0.717) is 30.1 Å². The molecule has 0 atom stereocenters. The molecule has 8 heteroatoms. The van der Waals surface area contributed by atoms with Gasteiger partial charge in [-0.15, -0.1) is 0 Å². The van der Waals surface area contributed by atoms with E-state index in [9.17, 15) is 4.79 Å². The van der Waals surface area contributed by atoms with Crippen LogP contribution in [0.5, 0.6) is 5.75 Å². The van der Waals surface area contributed by atoms with Crippen LogP contribution in [0.2, 0.25) is 0 Å². The van der Waals surface area contributed by atoms with Crippen molar-refractivity contribution in [1.82, 2.24) is 14.9 Å². The summed E-state index contributed by atoms with van der Waals surface area (Å²) in [7, 11) is 3.41. The summed E-state index contributed by atoms with van der Waals surface area (Å²) in [5.74, 6) is 6.83. The summed E-state index contributed by atoms with van der Waals surface area (Å²) in [6.45, 7) is 2.54. The number of amides is 1. The molecule has 4 N–H and O–H groups in total. The molecule has 0 spiro atoms. The number of nitrogens with zero attached hydrogens (tertiary/aromatic N) is 3. The summed E-state index contributed by atoms with van der Waals surface area (Å²) >= 11 is 0. The number of carbonyl (C=O) groups is 1. The average Bonchev–Trinajstić information content (AvgIpc) is 2.83. The lowest BCUT2D eigenvalue weighted by molar-refractivity contribution is 0.108. The first kappa shape index (κ1) is 25.4. The predicted octanol–water partition coefficient (Wildman–Crippen LogP) is 4.19. The van der Waals surface area contributed by atoms with Crippen LogP contribution in [0, 0.1) is 6.92 Å². The topological polar surface area (TPSA) is 107 Å². The van der Waals surface area contributed by atoms with E-state index >= 15 is 0 Å². The largest absolute Gasteiger partial charge is 0.489 e. The van der Waals surface area contributed by atoms with Crippen molar-refractivity contribution in [3.05, 3.63) is 65.1 Å². The zero-order chi connectivity index (χ0) is 24.5. The van der Waals surface area contributed by atoms with E-state index in [4.69, 9.17) is 21.1 Å². The van der Waals surface area contributed by atoms with Gasteiger partial charge in [-0.05, 0) is 50.3 Å². The predicted molar refractivity (Wildman–Crippen MR) is 133 cm³/mol. The van der Waals surface area contributed by atoms with Gasteiger partial charge in [-0.3, -0.25) is 0 Å². The third-order valence-electron chi connectivity index (χ3n) is 6.03. The highest BCUT2D eigenvalue weighted by molar-refractivity contribution is 5.67. The third-order valence-corrected chi connectivity index (χ3v) is 6.03. The van der Waals surface area contributed by atoms with E-state index in [0.717, 1.165) is 29.8 Å². The number of aryl methyl sites for hydroxylation is 1. The zero-order valence-corrected chi connectivity index (χ0v) is 20.5. The smallest absolute Gasteiger partial charge is 0.409 e. The molecule has 1 aliphatic carbocycles. The average molecular weight is 468 g/mol. The van der Waals surface area contributed by atoms with Crippen molar-refractivity contribution in [3.8, 4) is 5.75 Å². The molecule has 3 rings (SSSR count). The Morgan fingerprint density at radius 2 is 1.79 bits per heavy atom. The number of rotatable bonds is 9. The highest BCUT2D eigenvalue weighted by Gasteiger charge is 2.18. The summed E-state index contributed by atoms with van der Waals surface area (Å²) in [5, 5.41) is 1.44. The number of aromatic nitrogens is 1. The first-order valence-electron chi connectivity index (χ1n) is 11.9. The Morgan fingerprint density at radius 1 is 1.09 bits per heavy atom. The number of pyridine rings is 1. The highest BCUT2D eigenvalue weighted by Crippen LogP contribution is 2.26. The van der Waals surface area contributed by atoms with Crippen LogP contribution in [0.25, 0.3) is 5.70 Å². The van der Waals surface area contributed by atoms with E-state index in [2.05, 4.69) is 4.98 Å². The SMILES string of the molecule is Cc1nc(/C(N)=C(\CCOC(=O)N(C)Cc2ccccc2)N(C)N)ccc1OC1CCCCC1. The molecule has 8 nitrogen and oxygen atoms in total. The molecule has 1 heterocycles. The minimum atomic E-state index is -0.403. The van der Waals surface area contributed by atoms with Gasteiger partial charge < -0.3 is 25.1 Å². The van der Waals surface area contributed by atoms with Crippen LogP contribution in [0.15, 0.2) is 48.2 Å². The maximum absolute atomic E-state index is 12.4. The van der Waals surface area contributed by atoms with Crippen molar-refractivity contribution < 1.29 is 14.3 Å². The summed E-state index contributed by atoms with van der Waals surface area (Å²) in [5.41, 5.74) is 9.96. The number of carbonyl (C=O) groups excluding carboxylic acids is 1. The normalized spacial score (nSPS) is 14.8. The Bertz CT molecular complexity index is 972. The molecule has 34 heavy (non-hydrogen) atoms. The van der Waals surface area contributed by atoms with Gasteiger partial charge in [0.25, 0.3) is 0 Å². The van der Waals surface area contributed by atoms with Crippen LogP contribution in [0.4, 0.5) is 4.79 Å². The molecule has 1 aliphatic rings. The van der Waals surface area contributed by atoms with Gasteiger partial charge in [-0.25, -0.2) is 15.6 Å². The van der Waals surface area contributed by atoms with Crippen molar-refractivity contribution in [1.29, 1.82) is 0 Å². The lowest BCUT2D eigenvalue weighted by Crippen LogP contribution is -2.30. The molecule has 0 aliphatic heterocycles. The number of nitrogens with two attached hydrogens (primary N) is 2. The van der Waals surface area contributed by atoms with E-state index in [-0.39, 0.29) is 12.7 Å². The molecule has 0 bridgehead atoms. The maximum atomic E-state index is 12.4. The Hall–Kier alpha value is -3.26. The minimum Gasteiger partial charge on any atom is -0.489 e. The molecule has 0 saturated heterocycles. The summed E-state index contributed by atoms with van der Waals surface area (Å²) in [4.78, 5) is 18.6.